The Morgan fingerprint density at radius 3 is 2.36 bits per heavy atom. The lowest BCUT2D eigenvalue weighted by Crippen LogP contribution is -2.18. The number of benzene rings is 2. The van der Waals surface area contributed by atoms with Crippen molar-refractivity contribution in [2.45, 2.75) is 6.54 Å². The minimum atomic E-state index is 0.489. The maximum atomic E-state index is 4.51. The molecule has 0 bridgehead atoms. The molecule has 5 nitrogen and oxygen atoms in total. The highest BCUT2D eigenvalue weighted by molar-refractivity contribution is 5.53. The fraction of sp³-hybridized carbons (Fsp3) is 0.118. The van der Waals surface area contributed by atoms with Crippen molar-refractivity contribution < 1.29 is 0 Å². The molecule has 1 aromatic heterocycles. The summed E-state index contributed by atoms with van der Waals surface area (Å²) < 4.78 is 0. The quantitative estimate of drug-likeness (QED) is 0.782. The molecular weight excluding hydrogens is 274 g/mol. The first-order valence-electron chi connectivity index (χ1n) is 7.08. The van der Waals surface area contributed by atoms with Crippen LogP contribution in [0.4, 0.5) is 17.5 Å². The normalized spacial score (nSPS) is 10.2. The standard InChI is InChI=1S/C17H17N5/c1-22(13-14-8-4-2-5-9-14)16-12-18-21-17(20-16)19-15-10-6-3-7-11-15/h2-12H,13H2,1H3,(H,19,20,21). The van der Waals surface area contributed by atoms with Gasteiger partial charge in [-0.05, 0) is 17.7 Å². The van der Waals surface area contributed by atoms with Crippen molar-refractivity contribution in [1.29, 1.82) is 0 Å². The van der Waals surface area contributed by atoms with Gasteiger partial charge in [0.1, 0.15) is 0 Å². The van der Waals surface area contributed by atoms with E-state index in [0.717, 1.165) is 18.1 Å². The predicted octanol–water partition coefficient (Wildman–Crippen LogP) is 3.25. The number of nitrogens with zero attached hydrogens (tertiary/aromatic N) is 4. The lowest BCUT2D eigenvalue weighted by molar-refractivity contribution is 0.866. The lowest BCUT2D eigenvalue weighted by atomic mass is 10.2. The summed E-state index contributed by atoms with van der Waals surface area (Å²) in [6.45, 7) is 0.768. The summed E-state index contributed by atoms with van der Waals surface area (Å²) in [5, 5.41) is 11.2. The molecule has 0 aliphatic carbocycles. The Kier molecular flexibility index (Phi) is 4.25. The average molecular weight is 291 g/mol. The van der Waals surface area contributed by atoms with Crippen molar-refractivity contribution in [1.82, 2.24) is 15.2 Å². The molecule has 5 heteroatoms. The molecule has 2 aromatic carbocycles. The summed E-state index contributed by atoms with van der Waals surface area (Å²) in [6.07, 6.45) is 1.67. The fourth-order valence-electron chi connectivity index (χ4n) is 2.12. The first-order valence-corrected chi connectivity index (χ1v) is 7.08. The van der Waals surface area contributed by atoms with E-state index in [1.165, 1.54) is 5.56 Å². The topological polar surface area (TPSA) is 53.9 Å². The van der Waals surface area contributed by atoms with Crippen LogP contribution in [0.1, 0.15) is 5.56 Å². The van der Waals surface area contributed by atoms with E-state index in [-0.39, 0.29) is 0 Å². The van der Waals surface area contributed by atoms with Gasteiger partial charge in [-0.3, -0.25) is 0 Å². The SMILES string of the molecule is CN(Cc1ccccc1)c1cnnc(Nc2ccccc2)n1. The smallest absolute Gasteiger partial charge is 0.249 e. The second-order valence-electron chi connectivity index (χ2n) is 4.97. The Hall–Kier alpha value is -2.95. The Morgan fingerprint density at radius 2 is 1.64 bits per heavy atom. The number of hydrogen-bond acceptors (Lipinski definition) is 5. The Bertz CT molecular complexity index is 715. The molecule has 0 saturated carbocycles. The van der Waals surface area contributed by atoms with E-state index in [9.17, 15) is 0 Å². The van der Waals surface area contributed by atoms with Crippen LogP contribution < -0.4 is 10.2 Å². The van der Waals surface area contributed by atoms with Gasteiger partial charge in [0.2, 0.25) is 5.95 Å². The second kappa shape index (κ2) is 6.67. The van der Waals surface area contributed by atoms with Gasteiger partial charge in [0, 0.05) is 19.3 Å². The molecule has 0 fully saturated rings. The first kappa shape index (κ1) is 14.0. The zero-order valence-electron chi connectivity index (χ0n) is 12.3. The Morgan fingerprint density at radius 1 is 0.955 bits per heavy atom. The van der Waals surface area contributed by atoms with Gasteiger partial charge in [0.25, 0.3) is 0 Å². The minimum Gasteiger partial charge on any atom is -0.354 e. The van der Waals surface area contributed by atoms with Crippen LogP contribution in [0.3, 0.4) is 0 Å². The summed E-state index contributed by atoms with van der Waals surface area (Å²) in [6, 6.07) is 20.1. The molecule has 0 radical (unpaired) electrons. The maximum absolute atomic E-state index is 4.51. The molecule has 110 valence electrons. The summed E-state index contributed by atoms with van der Waals surface area (Å²) in [5.41, 5.74) is 2.16. The van der Waals surface area contributed by atoms with E-state index in [4.69, 9.17) is 0 Å². The summed E-state index contributed by atoms with van der Waals surface area (Å²) in [4.78, 5) is 6.55. The third-order valence-corrected chi connectivity index (χ3v) is 3.23. The molecule has 0 unspecified atom stereocenters. The molecular formula is C17H17N5. The van der Waals surface area contributed by atoms with E-state index in [2.05, 4.69) is 32.6 Å². The second-order valence-corrected chi connectivity index (χ2v) is 4.97. The van der Waals surface area contributed by atoms with Crippen LogP contribution in [0.5, 0.6) is 0 Å². The molecule has 0 atom stereocenters. The molecule has 22 heavy (non-hydrogen) atoms. The lowest BCUT2D eigenvalue weighted by Gasteiger charge is -2.18. The minimum absolute atomic E-state index is 0.489. The summed E-state index contributed by atoms with van der Waals surface area (Å²) >= 11 is 0. The van der Waals surface area contributed by atoms with Crippen molar-refractivity contribution >= 4 is 17.5 Å². The van der Waals surface area contributed by atoms with Gasteiger partial charge in [-0.2, -0.15) is 10.1 Å². The van der Waals surface area contributed by atoms with Gasteiger partial charge in [0.15, 0.2) is 5.82 Å². The number of rotatable bonds is 5. The highest BCUT2D eigenvalue weighted by Crippen LogP contribution is 2.15. The highest BCUT2D eigenvalue weighted by atomic mass is 15.3. The van der Waals surface area contributed by atoms with Crippen LogP contribution in [0, 0.1) is 0 Å². The van der Waals surface area contributed by atoms with E-state index < -0.39 is 0 Å². The Balaban J connectivity index is 1.73. The Labute approximate surface area is 129 Å². The van der Waals surface area contributed by atoms with Crippen LogP contribution in [0.2, 0.25) is 0 Å². The van der Waals surface area contributed by atoms with E-state index in [1.807, 2.05) is 60.5 Å². The van der Waals surface area contributed by atoms with E-state index >= 15 is 0 Å². The number of nitrogens with one attached hydrogen (secondary N) is 1. The van der Waals surface area contributed by atoms with Crippen molar-refractivity contribution in [3.8, 4) is 0 Å². The van der Waals surface area contributed by atoms with E-state index in [1.54, 1.807) is 6.20 Å². The molecule has 3 rings (SSSR count). The zero-order valence-corrected chi connectivity index (χ0v) is 12.3. The van der Waals surface area contributed by atoms with Crippen molar-refractivity contribution in [2.24, 2.45) is 0 Å². The summed E-state index contributed by atoms with van der Waals surface area (Å²) in [5.74, 6) is 1.26. The molecule has 1 heterocycles. The molecule has 0 amide bonds. The van der Waals surface area contributed by atoms with E-state index in [0.29, 0.717) is 5.95 Å². The third kappa shape index (κ3) is 3.58. The van der Waals surface area contributed by atoms with Gasteiger partial charge in [-0.15, -0.1) is 5.10 Å². The molecule has 0 saturated heterocycles. The van der Waals surface area contributed by atoms with Crippen LogP contribution in [0.25, 0.3) is 0 Å². The summed E-state index contributed by atoms with van der Waals surface area (Å²) in [7, 11) is 1.99. The fourth-order valence-corrected chi connectivity index (χ4v) is 2.12. The van der Waals surface area contributed by atoms with Crippen LogP contribution in [0.15, 0.2) is 66.9 Å². The van der Waals surface area contributed by atoms with Crippen molar-refractivity contribution in [2.75, 3.05) is 17.3 Å². The average Bonchev–Trinajstić information content (AvgIpc) is 2.57. The number of para-hydroxylation sites is 1. The third-order valence-electron chi connectivity index (χ3n) is 3.23. The molecule has 0 aliphatic heterocycles. The predicted molar refractivity (Wildman–Crippen MR) is 88.1 cm³/mol. The maximum Gasteiger partial charge on any atom is 0.249 e. The number of aromatic nitrogens is 3. The zero-order chi connectivity index (χ0) is 15.2. The van der Waals surface area contributed by atoms with Gasteiger partial charge in [-0.25, -0.2) is 0 Å². The molecule has 1 N–H and O–H groups in total. The number of anilines is 3. The van der Waals surface area contributed by atoms with Gasteiger partial charge < -0.3 is 10.2 Å². The monoisotopic (exact) mass is 291 g/mol. The largest absolute Gasteiger partial charge is 0.354 e. The van der Waals surface area contributed by atoms with Gasteiger partial charge >= 0.3 is 0 Å². The van der Waals surface area contributed by atoms with Crippen LogP contribution in [-0.2, 0) is 6.54 Å². The van der Waals surface area contributed by atoms with Crippen LogP contribution in [-0.4, -0.2) is 22.2 Å². The van der Waals surface area contributed by atoms with Gasteiger partial charge in [-0.1, -0.05) is 48.5 Å². The van der Waals surface area contributed by atoms with Crippen molar-refractivity contribution in [3.05, 3.63) is 72.4 Å². The van der Waals surface area contributed by atoms with Crippen molar-refractivity contribution in [3.63, 3.8) is 0 Å². The first-order chi connectivity index (χ1) is 10.8. The molecule has 0 spiro atoms. The van der Waals surface area contributed by atoms with Crippen LogP contribution >= 0.6 is 0 Å². The molecule has 3 aromatic rings. The molecule has 0 aliphatic rings. The van der Waals surface area contributed by atoms with Gasteiger partial charge in [0.05, 0.1) is 6.20 Å². The highest BCUT2D eigenvalue weighted by Gasteiger charge is 2.06. The number of hydrogen-bond donors (Lipinski definition) is 1.